The Hall–Kier alpha value is -4.33. The molecular weight excluding hydrogens is 442 g/mol. The predicted molar refractivity (Wildman–Crippen MR) is 134 cm³/mol. The van der Waals surface area contributed by atoms with Crippen LogP contribution < -0.4 is 20.1 Å². The van der Waals surface area contributed by atoms with Gasteiger partial charge in [-0.25, -0.2) is 4.68 Å². The van der Waals surface area contributed by atoms with Crippen LogP contribution in [-0.2, 0) is 11.2 Å². The molecule has 2 N–H and O–H groups in total. The SMILES string of the molecule is COc1ccc(CC(=O)Nc2nc3n(n2)C(c2ccccc2)CC(c2ccc(OC)cc2)N3)cc1. The van der Waals surface area contributed by atoms with Gasteiger partial charge in [0.15, 0.2) is 0 Å². The van der Waals surface area contributed by atoms with Gasteiger partial charge in [-0.1, -0.05) is 54.6 Å². The number of nitrogens with one attached hydrogen (secondary N) is 2. The lowest BCUT2D eigenvalue weighted by Crippen LogP contribution is -2.28. The maximum atomic E-state index is 12.7. The number of ether oxygens (including phenoxy) is 2. The van der Waals surface area contributed by atoms with E-state index in [0.29, 0.717) is 5.95 Å². The third-order valence-electron chi connectivity index (χ3n) is 6.17. The van der Waals surface area contributed by atoms with Gasteiger partial charge in [-0.2, -0.15) is 4.98 Å². The molecule has 0 aliphatic carbocycles. The topological polar surface area (TPSA) is 90.3 Å². The molecule has 1 amide bonds. The fraction of sp³-hybridized carbons (Fsp3) is 0.222. The van der Waals surface area contributed by atoms with Crippen molar-refractivity contribution in [2.45, 2.75) is 24.9 Å². The molecule has 0 radical (unpaired) electrons. The van der Waals surface area contributed by atoms with Crippen molar-refractivity contribution in [2.24, 2.45) is 0 Å². The summed E-state index contributed by atoms with van der Waals surface area (Å²) in [7, 11) is 3.27. The molecule has 2 atom stereocenters. The van der Waals surface area contributed by atoms with Crippen LogP contribution in [0.15, 0.2) is 78.9 Å². The Morgan fingerprint density at radius 1 is 0.943 bits per heavy atom. The molecule has 1 aromatic heterocycles. The van der Waals surface area contributed by atoms with E-state index < -0.39 is 0 Å². The van der Waals surface area contributed by atoms with Crippen molar-refractivity contribution < 1.29 is 14.3 Å². The normalized spacial score (nSPS) is 16.6. The Labute approximate surface area is 203 Å². The number of benzene rings is 3. The van der Waals surface area contributed by atoms with Crippen molar-refractivity contribution in [3.8, 4) is 11.5 Å². The summed E-state index contributed by atoms with van der Waals surface area (Å²) in [5, 5.41) is 11.0. The minimum Gasteiger partial charge on any atom is -0.497 e. The first-order valence-electron chi connectivity index (χ1n) is 11.5. The molecule has 3 aromatic carbocycles. The first kappa shape index (κ1) is 22.5. The van der Waals surface area contributed by atoms with Crippen molar-refractivity contribution in [1.29, 1.82) is 0 Å². The van der Waals surface area contributed by atoms with Crippen LogP contribution in [0, 0.1) is 0 Å². The zero-order chi connectivity index (χ0) is 24.2. The van der Waals surface area contributed by atoms with Gasteiger partial charge in [-0.05, 0) is 47.4 Å². The Balaban J connectivity index is 1.38. The predicted octanol–water partition coefficient (Wildman–Crippen LogP) is 4.62. The number of amides is 1. The van der Waals surface area contributed by atoms with Crippen LogP contribution in [0.2, 0.25) is 0 Å². The number of carbonyl (C=O) groups is 1. The molecule has 8 heteroatoms. The number of rotatable bonds is 7. The Morgan fingerprint density at radius 3 is 2.26 bits per heavy atom. The van der Waals surface area contributed by atoms with Crippen LogP contribution in [0.3, 0.4) is 0 Å². The molecule has 4 aromatic rings. The molecule has 0 saturated carbocycles. The molecule has 5 rings (SSSR count). The molecular formula is C27H27N5O3. The van der Waals surface area contributed by atoms with Crippen LogP contribution >= 0.6 is 0 Å². The average Bonchev–Trinajstić information content (AvgIpc) is 3.31. The van der Waals surface area contributed by atoms with Gasteiger partial charge in [-0.3, -0.25) is 10.1 Å². The molecule has 178 valence electrons. The minimum atomic E-state index is -0.180. The summed E-state index contributed by atoms with van der Waals surface area (Å²) in [5.41, 5.74) is 3.15. The maximum absolute atomic E-state index is 12.7. The van der Waals surface area contributed by atoms with E-state index in [1.54, 1.807) is 14.2 Å². The lowest BCUT2D eigenvalue weighted by atomic mass is 9.93. The lowest BCUT2D eigenvalue weighted by Gasteiger charge is -2.31. The molecule has 8 nitrogen and oxygen atoms in total. The summed E-state index contributed by atoms with van der Waals surface area (Å²) < 4.78 is 12.3. The zero-order valence-corrected chi connectivity index (χ0v) is 19.6. The monoisotopic (exact) mass is 469 g/mol. The third kappa shape index (κ3) is 4.96. The number of hydrogen-bond donors (Lipinski definition) is 2. The summed E-state index contributed by atoms with van der Waals surface area (Å²) in [5.74, 6) is 2.28. The van der Waals surface area contributed by atoms with Gasteiger partial charge in [0.1, 0.15) is 11.5 Å². The van der Waals surface area contributed by atoms with Crippen molar-refractivity contribution in [2.75, 3.05) is 24.9 Å². The summed E-state index contributed by atoms with van der Waals surface area (Å²) in [6.45, 7) is 0. The molecule has 2 unspecified atom stereocenters. The zero-order valence-electron chi connectivity index (χ0n) is 19.6. The third-order valence-corrected chi connectivity index (χ3v) is 6.17. The highest BCUT2D eigenvalue weighted by atomic mass is 16.5. The fourth-order valence-corrected chi connectivity index (χ4v) is 4.34. The average molecular weight is 470 g/mol. The highest BCUT2D eigenvalue weighted by molar-refractivity contribution is 5.90. The van der Waals surface area contributed by atoms with Crippen LogP contribution in [-0.4, -0.2) is 34.9 Å². The Bertz CT molecular complexity index is 1290. The van der Waals surface area contributed by atoms with E-state index in [-0.39, 0.29) is 30.4 Å². The second-order valence-electron chi connectivity index (χ2n) is 8.41. The van der Waals surface area contributed by atoms with Crippen LogP contribution in [0.1, 0.15) is 35.2 Å². The number of methoxy groups -OCH3 is 2. The molecule has 2 heterocycles. The Morgan fingerprint density at radius 2 is 1.60 bits per heavy atom. The summed E-state index contributed by atoms with van der Waals surface area (Å²) in [4.78, 5) is 17.3. The van der Waals surface area contributed by atoms with Crippen molar-refractivity contribution in [1.82, 2.24) is 14.8 Å². The second kappa shape index (κ2) is 9.89. The standard InChI is InChI=1S/C27H27N5O3/c1-34-21-12-8-18(9-13-21)16-25(33)29-26-30-27-28-23(19-10-14-22(35-2)15-11-19)17-24(32(27)31-26)20-6-4-3-5-7-20/h3-15,23-24H,16-17H2,1-2H3,(H2,28,29,30,31,33). The lowest BCUT2D eigenvalue weighted by molar-refractivity contribution is -0.115. The highest BCUT2D eigenvalue weighted by Crippen LogP contribution is 2.38. The Kier molecular flexibility index (Phi) is 6.34. The van der Waals surface area contributed by atoms with Crippen LogP contribution in [0.5, 0.6) is 11.5 Å². The molecule has 35 heavy (non-hydrogen) atoms. The van der Waals surface area contributed by atoms with Gasteiger partial charge in [-0.15, -0.1) is 5.10 Å². The number of anilines is 2. The van der Waals surface area contributed by atoms with E-state index in [1.807, 2.05) is 59.3 Å². The summed E-state index contributed by atoms with van der Waals surface area (Å²) >= 11 is 0. The number of hydrogen-bond acceptors (Lipinski definition) is 6. The smallest absolute Gasteiger partial charge is 0.250 e. The molecule has 0 bridgehead atoms. The van der Waals surface area contributed by atoms with Crippen molar-refractivity contribution in [3.63, 3.8) is 0 Å². The number of fused-ring (bicyclic) bond motifs is 1. The number of nitrogens with zero attached hydrogens (tertiary/aromatic N) is 3. The summed E-state index contributed by atoms with van der Waals surface area (Å²) in [6.07, 6.45) is 1.00. The van der Waals surface area contributed by atoms with E-state index in [2.05, 4.69) is 45.0 Å². The van der Waals surface area contributed by atoms with Gasteiger partial charge in [0.2, 0.25) is 11.9 Å². The van der Waals surface area contributed by atoms with Gasteiger partial charge in [0.05, 0.1) is 32.7 Å². The molecule has 0 saturated heterocycles. The minimum absolute atomic E-state index is 0.0284. The van der Waals surface area contributed by atoms with E-state index in [1.165, 1.54) is 0 Å². The molecule has 0 spiro atoms. The maximum Gasteiger partial charge on any atom is 0.250 e. The number of carbonyl (C=O) groups excluding carboxylic acids is 1. The number of aromatic nitrogens is 3. The summed E-state index contributed by atoms with van der Waals surface area (Å²) in [6, 6.07) is 25.7. The molecule has 1 aliphatic rings. The molecule has 0 fully saturated rings. The van der Waals surface area contributed by atoms with E-state index >= 15 is 0 Å². The fourth-order valence-electron chi connectivity index (χ4n) is 4.34. The van der Waals surface area contributed by atoms with E-state index in [4.69, 9.17) is 9.47 Å². The van der Waals surface area contributed by atoms with Gasteiger partial charge in [0, 0.05) is 0 Å². The van der Waals surface area contributed by atoms with Gasteiger partial charge in [0.25, 0.3) is 5.95 Å². The van der Waals surface area contributed by atoms with E-state index in [9.17, 15) is 4.79 Å². The second-order valence-corrected chi connectivity index (χ2v) is 8.41. The molecule has 1 aliphatic heterocycles. The first-order valence-corrected chi connectivity index (χ1v) is 11.5. The quantitative estimate of drug-likeness (QED) is 0.410. The first-order chi connectivity index (χ1) is 17.1. The largest absolute Gasteiger partial charge is 0.497 e. The van der Waals surface area contributed by atoms with Crippen LogP contribution in [0.25, 0.3) is 0 Å². The van der Waals surface area contributed by atoms with Crippen LogP contribution in [0.4, 0.5) is 11.9 Å². The van der Waals surface area contributed by atoms with Crippen molar-refractivity contribution >= 4 is 17.8 Å². The van der Waals surface area contributed by atoms with Gasteiger partial charge < -0.3 is 14.8 Å². The van der Waals surface area contributed by atoms with Gasteiger partial charge >= 0.3 is 0 Å². The highest BCUT2D eigenvalue weighted by Gasteiger charge is 2.31. The van der Waals surface area contributed by atoms with E-state index in [0.717, 1.165) is 34.6 Å². The van der Waals surface area contributed by atoms with Crippen molar-refractivity contribution in [3.05, 3.63) is 95.6 Å².